The fraction of sp³-hybridized carbons (Fsp3) is 0.952. The summed E-state index contributed by atoms with van der Waals surface area (Å²) in [5, 5.41) is 0. The second-order valence-electron chi connectivity index (χ2n) is 9.19. The van der Waals surface area contributed by atoms with Gasteiger partial charge in [0.15, 0.2) is 0 Å². The Balaban J connectivity index is 2.12. The van der Waals surface area contributed by atoms with Crippen LogP contribution < -0.4 is 0 Å². The van der Waals surface area contributed by atoms with Gasteiger partial charge in [-0.15, -0.1) is 0 Å². The molecule has 0 bridgehead atoms. The molecule has 1 aliphatic heterocycles. The molecule has 2 atom stereocenters. The zero-order chi connectivity index (χ0) is 19.3. The number of hydrogen-bond donors (Lipinski definition) is 0. The summed E-state index contributed by atoms with van der Waals surface area (Å²) in [7, 11) is -1.83. The number of ether oxygens (including phenoxy) is 1. The number of rotatable bonds is 10. The summed E-state index contributed by atoms with van der Waals surface area (Å²) in [5.41, 5.74) is -0.862. The van der Waals surface area contributed by atoms with Crippen LogP contribution in [0.25, 0.3) is 0 Å². The lowest BCUT2D eigenvalue weighted by Crippen LogP contribution is -2.44. The van der Waals surface area contributed by atoms with Crippen molar-refractivity contribution in [2.45, 2.75) is 110 Å². The van der Waals surface area contributed by atoms with Crippen molar-refractivity contribution in [2.75, 3.05) is 6.61 Å². The van der Waals surface area contributed by atoms with E-state index in [1.165, 1.54) is 32.1 Å². The fourth-order valence-corrected chi connectivity index (χ4v) is 7.12. The van der Waals surface area contributed by atoms with Crippen molar-refractivity contribution in [1.82, 2.24) is 0 Å². The molecule has 26 heavy (non-hydrogen) atoms. The first-order valence-corrected chi connectivity index (χ1v) is 13.4. The Labute approximate surface area is 161 Å². The third-order valence-electron chi connectivity index (χ3n) is 6.94. The first kappa shape index (κ1) is 21.9. The van der Waals surface area contributed by atoms with Crippen LogP contribution in [0.3, 0.4) is 0 Å². The van der Waals surface area contributed by atoms with E-state index in [4.69, 9.17) is 14.2 Å². The molecule has 2 fully saturated rings. The van der Waals surface area contributed by atoms with E-state index in [1.54, 1.807) is 0 Å². The van der Waals surface area contributed by atoms with Crippen LogP contribution >= 0.6 is 0 Å². The first-order chi connectivity index (χ1) is 12.3. The van der Waals surface area contributed by atoms with Gasteiger partial charge in [0.25, 0.3) is 0 Å². The van der Waals surface area contributed by atoms with Gasteiger partial charge in [-0.3, -0.25) is 9.37 Å². The van der Waals surface area contributed by atoms with Gasteiger partial charge in [0.05, 0.1) is 12.0 Å². The van der Waals surface area contributed by atoms with Crippen LogP contribution in [0.15, 0.2) is 0 Å². The van der Waals surface area contributed by atoms with Crippen LogP contribution in [0.5, 0.6) is 0 Å². The lowest BCUT2D eigenvalue weighted by molar-refractivity contribution is -0.309. The highest BCUT2D eigenvalue weighted by molar-refractivity contribution is 6.73. The summed E-state index contributed by atoms with van der Waals surface area (Å²) >= 11 is 0. The molecule has 0 N–H and O–H groups in total. The van der Waals surface area contributed by atoms with Crippen molar-refractivity contribution in [3.8, 4) is 0 Å². The Morgan fingerprint density at radius 3 is 2.27 bits per heavy atom. The molecule has 1 saturated heterocycles. The van der Waals surface area contributed by atoms with Crippen LogP contribution in [0.1, 0.15) is 86.0 Å². The van der Waals surface area contributed by atoms with Crippen molar-refractivity contribution in [3.63, 3.8) is 0 Å². The van der Waals surface area contributed by atoms with E-state index in [1.807, 2.05) is 6.92 Å². The second kappa shape index (κ2) is 9.20. The quantitative estimate of drug-likeness (QED) is 0.200. The van der Waals surface area contributed by atoms with E-state index >= 15 is 0 Å². The lowest BCUT2D eigenvalue weighted by atomic mass is 9.73. The maximum atomic E-state index is 12.3. The molecule has 4 nitrogen and oxygen atoms in total. The van der Waals surface area contributed by atoms with Crippen molar-refractivity contribution < 1.29 is 19.0 Å². The molecule has 1 saturated carbocycles. The summed E-state index contributed by atoms with van der Waals surface area (Å²) in [6, 6.07) is 3.20. The maximum absolute atomic E-state index is 12.3. The molecule has 0 aromatic rings. The van der Waals surface area contributed by atoms with Gasteiger partial charge in [0.1, 0.15) is 5.60 Å². The van der Waals surface area contributed by atoms with Gasteiger partial charge < -0.3 is 4.74 Å². The van der Waals surface area contributed by atoms with Crippen LogP contribution in [0.2, 0.25) is 18.1 Å². The highest BCUT2D eigenvalue weighted by Gasteiger charge is 2.48. The maximum Gasteiger partial charge on any atom is 0.312 e. The molecule has 0 radical (unpaired) electrons. The monoisotopic (exact) mass is 384 g/mol. The summed E-state index contributed by atoms with van der Waals surface area (Å²) in [6.45, 7) is 11.4. The number of carbonyl (C=O) groups excluding carboxylic acids is 1. The van der Waals surface area contributed by atoms with E-state index < -0.39 is 19.3 Å². The Hall–Kier alpha value is -0.393. The highest BCUT2D eigenvalue weighted by atomic mass is 28.4. The van der Waals surface area contributed by atoms with E-state index in [2.05, 4.69) is 27.7 Å². The SMILES string of the molecule is CC[Si](CC)(CC)OOC(C)(CC1CCCCC1)CC1(C)CCOC1=O. The van der Waals surface area contributed by atoms with Gasteiger partial charge in [0.2, 0.25) is 8.32 Å². The number of carbonyl (C=O) groups is 1. The largest absolute Gasteiger partial charge is 0.465 e. The van der Waals surface area contributed by atoms with Gasteiger partial charge in [-0.2, -0.15) is 0 Å². The van der Waals surface area contributed by atoms with Crippen LogP contribution in [-0.4, -0.2) is 26.5 Å². The predicted octanol–water partition coefficient (Wildman–Crippen LogP) is 6.01. The van der Waals surface area contributed by atoms with Gasteiger partial charge in [-0.1, -0.05) is 52.9 Å². The number of esters is 1. The second-order valence-corrected chi connectivity index (χ2v) is 13.8. The van der Waals surface area contributed by atoms with Crippen molar-refractivity contribution in [3.05, 3.63) is 0 Å². The Morgan fingerprint density at radius 2 is 1.77 bits per heavy atom. The number of cyclic esters (lactones) is 1. The third kappa shape index (κ3) is 5.32. The fourth-order valence-electron chi connectivity index (χ4n) is 4.88. The average molecular weight is 385 g/mol. The van der Waals surface area contributed by atoms with E-state index in [0.29, 0.717) is 18.9 Å². The Bertz CT molecular complexity index is 451. The minimum Gasteiger partial charge on any atom is -0.465 e. The van der Waals surface area contributed by atoms with Gasteiger partial charge in [0, 0.05) is 0 Å². The highest BCUT2D eigenvalue weighted by Crippen LogP contribution is 2.44. The summed E-state index contributed by atoms with van der Waals surface area (Å²) < 4.78 is 11.5. The third-order valence-corrected chi connectivity index (χ3v) is 11.2. The van der Waals surface area contributed by atoms with Gasteiger partial charge in [-0.05, 0) is 57.2 Å². The molecule has 0 aromatic heterocycles. The van der Waals surface area contributed by atoms with Gasteiger partial charge >= 0.3 is 5.97 Å². The summed E-state index contributed by atoms with van der Waals surface area (Å²) in [4.78, 5) is 18.6. The summed E-state index contributed by atoms with van der Waals surface area (Å²) in [5.74, 6) is 0.611. The van der Waals surface area contributed by atoms with Crippen molar-refractivity contribution >= 4 is 14.3 Å². The van der Waals surface area contributed by atoms with Crippen LogP contribution in [-0.2, 0) is 19.0 Å². The molecule has 152 valence electrons. The Kier molecular flexibility index (Phi) is 7.75. The average Bonchev–Trinajstić information content (AvgIpc) is 2.95. The van der Waals surface area contributed by atoms with E-state index in [9.17, 15) is 4.79 Å². The van der Waals surface area contributed by atoms with Gasteiger partial charge in [-0.25, -0.2) is 4.89 Å². The molecule has 0 amide bonds. The van der Waals surface area contributed by atoms with Crippen LogP contribution in [0, 0.1) is 11.3 Å². The molecular weight excluding hydrogens is 344 g/mol. The number of hydrogen-bond acceptors (Lipinski definition) is 4. The minimum absolute atomic E-state index is 0.0686. The van der Waals surface area contributed by atoms with Crippen molar-refractivity contribution in [1.29, 1.82) is 0 Å². The molecule has 5 heteroatoms. The standard InChI is InChI=1S/C21H40O4Si/c1-6-26(7-2,8-3)25-24-21(5,16-18-12-10-9-11-13-18)17-20(4)14-15-23-19(20)22/h18H,6-17H2,1-5H3. The zero-order valence-electron chi connectivity index (χ0n) is 17.7. The normalized spacial score (nSPS) is 27.3. The minimum atomic E-state index is -1.83. The molecular formula is C21H40O4Si. The van der Waals surface area contributed by atoms with E-state index in [-0.39, 0.29) is 5.97 Å². The molecule has 0 spiro atoms. The van der Waals surface area contributed by atoms with Crippen LogP contribution in [0.4, 0.5) is 0 Å². The Morgan fingerprint density at radius 1 is 1.15 bits per heavy atom. The van der Waals surface area contributed by atoms with Crippen molar-refractivity contribution in [2.24, 2.45) is 11.3 Å². The lowest BCUT2D eigenvalue weighted by Gasteiger charge is -2.40. The molecule has 1 heterocycles. The molecule has 2 unspecified atom stereocenters. The first-order valence-electron chi connectivity index (χ1n) is 10.8. The zero-order valence-corrected chi connectivity index (χ0v) is 18.7. The topological polar surface area (TPSA) is 44.8 Å². The summed E-state index contributed by atoms with van der Waals surface area (Å²) in [6.07, 6.45) is 9.00. The molecule has 0 aromatic carbocycles. The smallest absolute Gasteiger partial charge is 0.312 e. The van der Waals surface area contributed by atoms with E-state index in [0.717, 1.165) is 31.0 Å². The molecule has 2 rings (SSSR count). The predicted molar refractivity (Wildman–Crippen MR) is 107 cm³/mol. The molecule has 2 aliphatic rings. The molecule has 1 aliphatic carbocycles.